The van der Waals surface area contributed by atoms with Crippen molar-refractivity contribution in [3.05, 3.63) is 118 Å². The molecule has 0 fully saturated rings. The molecule has 2 aromatic heterocycles. The van der Waals surface area contributed by atoms with E-state index in [1.807, 2.05) is 106 Å². The molecule has 0 spiro atoms. The summed E-state index contributed by atoms with van der Waals surface area (Å²) in [6.07, 6.45) is 3.21. The maximum Gasteiger partial charge on any atom is 0.229 e. The number of aromatic nitrogens is 4. The van der Waals surface area contributed by atoms with E-state index in [4.69, 9.17) is 37.7 Å². The van der Waals surface area contributed by atoms with Gasteiger partial charge in [-0.25, -0.2) is 9.97 Å². The molecule has 0 bridgehead atoms. The fraction of sp³-hybridized carbons (Fsp3) is 0.319. The lowest BCUT2D eigenvalue weighted by molar-refractivity contribution is 0.197. The van der Waals surface area contributed by atoms with Gasteiger partial charge in [0, 0.05) is 27.8 Å². The summed E-state index contributed by atoms with van der Waals surface area (Å²) in [6.45, 7) is 13.7. The summed E-state index contributed by atoms with van der Waals surface area (Å²) in [4.78, 5) is 20.4. The molecule has 0 saturated heterocycles. The van der Waals surface area contributed by atoms with E-state index in [0.29, 0.717) is 62.4 Å². The van der Waals surface area contributed by atoms with Gasteiger partial charge in [0.05, 0.1) is 48.9 Å². The maximum atomic E-state index is 14.7. The van der Waals surface area contributed by atoms with Crippen molar-refractivity contribution in [2.75, 3.05) is 82.3 Å². The third-order valence-corrected chi connectivity index (χ3v) is 16.1. The van der Waals surface area contributed by atoms with Gasteiger partial charge in [0.15, 0.2) is 11.6 Å². The number of ether oxygens (including phenoxy) is 2. The topological polar surface area (TPSA) is 168 Å². The summed E-state index contributed by atoms with van der Waals surface area (Å²) in [6, 6.07) is 26.5. The highest BCUT2D eigenvalue weighted by atomic mass is 35.5. The molecule has 2 heterocycles. The highest BCUT2D eigenvalue weighted by Gasteiger charge is 2.27. The maximum absolute atomic E-state index is 14.7. The molecule has 0 aliphatic heterocycles. The van der Waals surface area contributed by atoms with Gasteiger partial charge in [-0.3, -0.25) is 0 Å². The molecular formula is C47H58Cl2N10O4P2. The highest BCUT2D eigenvalue weighted by Crippen LogP contribution is 2.44. The molecule has 4 aromatic carbocycles. The molecule has 0 aliphatic carbocycles. The van der Waals surface area contributed by atoms with Crippen LogP contribution in [0.5, 0.6) is 11.5 Å². The Morgan fingerprint density at radius 3 is 1.68 bits per heavy atom. The van der Waals surface area contributed by atoms with Crippen LogP contribution in [0, 0.1) is 0 Å². The van der Waals surface area contributed by atoms with E-state index in [0.717, 1.165) is 11.1 Å². The molecule has 0 amide bonds. The third kappa shape index (κ3) is 11.8. The van der Waals surface area contributed by atoms with E-state index in [-0.39, 0.29) is 34.3 Å². The molecule has 0 aliphatic rings. The number of hydrogen-bond donors (Lipinski definition) is 5. The van der Waals surface area contributed by atoms with Crippen LogP contribution in [-0.2, 0) is 20.2 Å². The van der Waals surface area contributed by atoms with Crippen LogP contribution in [0.4, 0.5) is 46.3 Å². The lowest BCUT2D eigenvalue weighted by Gasteiger charge is -2.33. The van der Waals surface area contributed by atoms with Crippen LogP contribution < -0.4 is 46.7 Å². The molecule has 6 rings (SSSR count). The Labute approximate surface area is 392 Å². The van der Waals surface area contributed by atoms with Crippen LogP contribution in [0.1, 0.15) is 38.8 Å². The zero-order valence-corrected chi connectivity index (χ0v) is 42.0. The lowest BCUT2D eigenvalue weighted by atomic mass is 9.92. The highest BCUT2D eigenvalue weighted by molar-refractivity contribution is 7.71. The van der Waals surface area contributed by atoms with Gasteiger partial charge in [-0.2, -0.15) is 9.97 Å². The Morgan fingerprint density at radius 1 is 0.662 bits per heavy atom. The fourth-order valence-electron chi connectivity index (χ4n) is 6.73. The number of anilines is 8. The standard InChI is InChI=1S/C47H58Cl2N10O4P2/c1-46(2,50-5)30-20-22-35(56-45-52-28-32(48)42(57-45)53-36-16-12-14-18-40(36)64(9,10)60)39(26-30)63-24-25-65(11,61)41-19-15-13-17-37(41)54-43-33(49)29-51-44(58-43)55-34-23-21-31(27-38(34)62-8)47(3,4)59(6)7/h12-23,26-29,50H,24-25H2,1-11H3,(H2,51,54,55,58)(H2,52,53,56,57). The Hall–Kier alpha value is -5.20. The predicted molar refractivity (Wildman–Crippen MR) is 271 cm³/mol. The SMILES string of the molecule is CNC(C)(C)c1ccc(Nc2ncc(Cl)c(Nc3ccccc3P(C)(C)=O)n2)c(OCCP(C)(=O)c2ccccc2Nc2nc(Nc3ccc(C(C)(C)N(C)C)cc3OC)ncc2Cl)c1. The molecule has 18 heteroatoms. The van der Waals surface area contributed by atoms with Crippen molar-refractivity contribution >= 4 is 94.4 Å². The summed E-state index contributed by atoms with van der Waals surface area (Å²) >= 11 is 13.2. The van der Waals surface area contributed by atoms with Crippen LogP contribution in [-0.4, -0.2) is 85.9 Å². The van der Waals surface area contributed by atoms with Crippen molar-refractivity contribution in [1.29, 1.82) is 0 Å². The normalized spacial score (nSPS) is 13.0. The summed E-state index contributed by atoms with van der Waals surface area (Å²) in [5, 5.41) is 18.3. The van der Waals surface area contributed by atoms with E-state index < -0.39 is 19.8 Å². The van der Waals surface area contributed by atoms with Crippen LogP contribution in [0.25, 0.3) is 0 Å². The van der Waals surface area contributed by atoms with Crippen LogP contribution in [0.15, 0.2) is 97.3 Å². The first kappa shape index (κ1) is 49.2. The number of para-hydroxylation sites is 2. The Morgan fingerprint density at radius 2 is 1.15 bits per heavy atom. The number of nitrogens with zero attached hydrogens (tertiary/aromatic N) is 5. The van der Waals surface area contributed by atoms with E-state index in [9.17, 15) is 9.13 Å². The van der Waals surface area contributed by atoms with Gasteiger partial charge < -0.3 is 50.1 Å². The minimum absolute atomic E-state index is 0.119. The van der Waals surface area contributed by atoms with E-state index in [1.54, 1.807) is 27.1 Å². The Balaban J connectivity index is 1.21. The van der Waals surface area contributed by atoms with Gasteiger partial charge in [-0.15, -0.1) is 0 Å². The van der Waals surface area contributed by atoms with Gasteiger partial charge in [0.2, 0.25) is 11.9 Å². The van der Waals surface area contributed by atoms with Gasteiger partial charge in [0.1, 0.15) is 35.8 Å². The zero-order chi connectivity index (χ0) is 47.3. The third-order valence-electron chi connectivity index (χ3n) is 11.5. The average Bonchev–Trinajstić information content (AvgIpc) is 3.26. The van der Waals surface area contributed by atoms with Crippen molar-refractivity contribution in [1.82, 2.24) is 30.2 Å². The monoisotopic (exact) mass is 958 g/mol. The fourth-order valence-corrected chi connectivity index (χ4v) is 9.88. The van der Waals surface area contributed by atoms with Crippen molar-refractivity contribution in [3.63, 3.8) is 0 Å². The van der Waals surface area contributed by atoms with Crippen molar-refractivity contribution in [3.8, 4) is 11.5 Å². The van der Waals surface area contributed by atoms with Gasteiger partial charge in [0.25, 0.3) is 0 Å². The number of nitrogens with one attached hydrogen (secondary N) is 5. The molecule has 6 aromatic rings. The minimum atomic E-state index is -3.08. The Bertz CT molecular complexity index is 2770. The number of benzene rings is 4. The van der Waals surface area contributed by atoms with Crippen molar-refractivity contribution in [2.45, 2.75) is 38.8 Å². The molecule has 65 heavy (non-hydrogen) atoms. The Kier molecular flexibility index (Phi) is 15.2. The van der Waals surface area contributed by atoms with Crippen LogP contribution in [0.2, 0.25) is 10.0 Å². The molecule has 344 valence electrons. The van der Waals surface area contributed by atoms with E-state index in [2.05, 4.69) is 74.1 Å². The largest absolute Gasteiger partial charge is 0.495 e. The summed E-state index contributed by atoms with van der Waals surface area (Å²) in [5.41, 5.74) is 3.93. The predicted octanol–water partition coefficient (Wildman–Crippen LogP) is 10.8. The smallest absolute Gasteiger partial charge is 0.229 e. The van der Waals surface area contributed by atoms with Gasteiger partial charge in [-0.05, 0) is 128 Å². The van der Waals surface area contributed by atoms with Crippen molar-refractivity contribution < 1.29 is 18.6 Å². The summed E-state index contributed by atoms with van der Waals surface area (Å²) in [5.74, 6) is 2.36. The zero-order valence-electron chi connectivity index (χ0n) is 38.7. The first-order valence-corrected chi connectivity index (χ1v) is 26.6. The van der Waals surface area contributed by atoms with E-state index >= 15 is 0 Å². The number of methoxy groups -OCH3 is 1. The van der Waals surface area contributed by atoms with E-state index in [1.165, 1.54) is 12.4 Å². The second-order valence-electron chi connectivity index (χ2n) is 17.3. The van der Waals surface area contributed by atoms with Crippen LogP contribution >= 0.6 is 37.5 Å². The quantitative estimate of drug-likeness (QED) is 0.0487. The van der Waals surface area contributed by atoms with Gasteiger partial charge >= 0.3 is 0 Å². The molecule has 1 unspecified atom stereocenters. The summed E-state index contributed by atoms with van der Waals surface area (Å²) < 4.78 is 40.0. The lowest BCUT2D eigenvalue weighted by Crippen LogP contribution is -2.35. The number of hydrogen-bond acceptors (Lipinski definition) is 14. The minimum Gasteiger partial charge on any atom is -0.495 e. The summed E-state index contributed by atoms with van der Waals surface area (Å²) in [7, 11) is 1.89. The molecule has 0 saturated carbocycles. The first-order chi connectivity index (χ1) is 30.6. The molecule has 0 radical (unpaired) electrons. The molecule has 1 atom stereocenters. The van der Waals surface area contributed by atoms with Crippen LogP contribution in [0.3, 0.4) is 0 Å². The first-order valence-electron chi connectivity index (χ1n) is 20.9. The number of halogens is 2. The number of rotatable bonds is 19. The molecule has 14 nitrogen and oxygen atoms in total. The van der Waals surface area contributed by atoms with Crippen molar-refractivity contribution in [2.24, 2.45) is 0 Å². The average molecular weight is 960 g/mol. The second-order valence-corrected chi connectivity index (χ2v) is 24.4. The molecule has 5 N–H and O–H groups in total. The van der Waals surface area contributed by atoms with Gasteiger partial charge in [-0.1, -0.05) is 59.6 Å². The molecular weight excluding hydrogens is 901 g/mol. The second kappa shape index (κ2) is 20.1.